The predicted octanol–water partition coefficient (Wildman–Crippen LogP) is 15.0. The van der Waals surface area contributed by atoms with E-state index in [1.54, 1.807) is 0 Å². The summed E-state index contributed by atoms with van der Waals surface area (Å²) in [5.41, 5.74) is 15.3. The highest BCUT2D eigenvalue weighted by molar-refractivity contribution is 6.09. The molecule has 1 aliphatic carbocycles. The van der Waals surface area contributed by atoms with Crippen LogP contribution in [-0.4, -0.2) is 15.0 Å². The van der Waals surface area contributed by atoms with Crippen molar-refractivity contribution in [2.45, 2.75) is 5.41 Å². The van der Waals surface area contributed by atoms with Crippen molar-refractivity contribution in [2.24, 2.45) is 0 Å². The van der Waals surface area contributed by atoms with Crippen molar-refractivity contribution in [1.82, 2.24) is 15.0 Å². The van der Waals surface area contributed by atoms with Gasteiger partial charge >= 0.3 is 0 Å². The highest BCUT2D eigenvalue weighted by atomic mass is 15.2. The van der Waals surface area contributed by atoms with Gasteiger partial charge in [-0.3, -0.25) is 0 Å². The zero-order valence-corrected chi connectivity index (χ0v) is 34.7. The van der Waals surface area contributed by atoms with E-state index in [9.17, 15) is 0 Å². The fourth-order valence-corrected chi connectivity index (χ4v) is 10.7. The van der Waals surface area contributed by atoms with Crippen molar-refractivity contribution in [3.63, 3.8) is 0 Å². The fourth-order valence-electron chi connectivity index (χ4n) is 10.7. The standard InChI is InChI=1S/C60H38N4/c1-3-20-40(21-4-1)57-61-58(47-31-17-29-45-44(28-16-30-46(45)47)43-27-15-22-39-19-7-8-25-42(39)43)63-59(62-57)49-32-18-36-53-56(49)48-26-9-10-33-50(48)60(53)51-34-11-13-37-54(51)64(41-23-5-2-6-24-41)55-38-14-12-35-52(55)60/h1-38H. The third-order valence-corrected chi connectivity index (χ3v) is 13.3. The number of rotatable bonds is 5. The molecule has 2 heterocycles. The summed E-state index contributed by atoms with van der Waals surface area (Å²) in [4.78, 5) is 18.6. The van der Waals surface area contributed by atoms with E-state index < -0.39 is 5.41 Å². The Morgan fingerprint density at radius 2 is 0.750 bits per heavy atom. The Balaban J connectivity index is 1.06. The molecule has 10 aromatic carbocycles. The van der Waals surface area contributed by atoms with E-state index in [0.717, 1.165) is 50.1 Å². The van der Waals surface area contributed by atoms with Gasteiger partial charge in [0.2, 0.25) is 0 Å². The van der Waals surface area contributed by atoms with Gasteiger partial charge in [0.25, 0.3) is 0 Å². The minimum atomic E-state index is -0.605. The van der Waals surface area contributed by atoms with E-state index in [4.69, 9.17) is 15.0 Å². The first-order chi connectivity index (χ1) is 31.8. The second-order valence-corrected chi connectivity index (χ2v) is 16.6. The number of nitrogens with zero attached hydrogens (tertiary/aromatic N) is 4. The third-order valence-electron chi connectivity index (χ3n) is 13.3. The quantitative estimate of drug-likeness (QED) is 0.174. The molecule has 0 radical (unpaired) electrons. The van der Waals surface area contributed by atoms with E-state index in [1.807, 2.05) is 18.2 Å². The Hall–Kier alpha value is -8.47. The zero-order valence-electron chi connectivity index (χ0n) is 34.7. The van der Waals surface area contributed by atoms with Crippen LogP contribution in [0.5, 0.6) is 0 Å². The molecular formula is C60H38N4. The number of aromatic nitrogens is 3. The molecule has 1 aliphatic heterocycles. The van der Waals surface area contributed by atoms with Crippen LogP contribution in [0.3, 0.4) is 0 Å². The number of hydrogen-bond acceptors (Lipinski definition) is 4. The molecule has 2 aliphatic rings. The molecule has 13 rings (SSSR count). The number of hydrogen-bond donors (Lipinski definition) is 0. The minimum absolute atomic E-state index is 0.605. The molecule has 0 fully saturated rings. The average molecular weight is 815 g/mol. The van der Waals surface area contributed by atoms with Gasteiger partial charge in [-0.2, -0.15) is 0 Å². The molecule has 0 saturated heterocycles. The molecule has 64 heavy (non-hydrogen) atoms. The zero-order chi connectivity index (χ0) is 42.2. The first kappa shape index (κ1) is 36.2. The molecular weight excluding hydrogens is 777 g/mol. The SMILES string of the molecule is c1ccc(-c2nc(-c3cccc4c3-c3ccccc3C43c4ccccc4N(c4ccccc4)c4ccccc43)nc(-c3cccc4c(-c5cccc6ccccc56)cccc34)n2)cc1. The van der Waals surface area contributed by atoms with Gasteiger partial charge in [-0.25, -0.2) is 15.0 Å². The monoisotopic (exact) mass is 814 g/mol. The van der Waals surface area contributed by atoms with E-state index in [2.05, 4.69) is 217 Å². The highest BCUT2D eigenvalue weighted by Crippen LogP contribution is 2.64. The van der Waals surface area contributed by atoms with Crippen molar-refractivity contribution < 1.29 is 0 Å². The van der Waals surface area contributed by atoms with Gasteiger partial charge in [-0.05, 0) is 90.3 Å². The topological polar surface area (TPSA) is 41.9 Å². The molecule has 4 heteroatoms. The Morgan fingerprint density at radius 1 is 0.297 bits per heavy atom. The summed E-state index contributed by atoms with van der Waals surface area (Å²) < 4.78 is 0. The van der Waals surface area contributed by atoms with Crippen LogP contribution in [-0.2, 0) is 5.41 Å². The molecule has 4 nitrogen and oxygen atoms in total. The summed E-state index contributed by atoms with van der Waals surface area (Å²) in [6.07, 6.45) is 0. The van der Waals surface area contributed by atoms with Crippen molar-refractivity contribution >= 4 is 38.6 Å². The van der Waals surface area contributed by atoms with Crippen LogP contribution >= 0.6 is 0 Å². The van der Waals surface area contributed by atoms with Crippen LogP contribution in [0.15, 0.2) is 231 Å². The van der Waals surface area contributed by atoms with Gasteiger partial charge in [0.15, 0.2) is 17.5 Å². The predicted molar refractivity (Wildman–Crippen MR) is 262 cm³/mol. The fraction of sp³-hybridized carbons (Fsp3) is 0.0167. The van der Waals surface area contributed by atoms with E-state index >= 15 is 0 Å². The minimum Gasteiger partial charge on any atom is -0.310 e. The van der Waals surface area contributed by atoms with Crippen molar-refractivity contribution in [1.29, 1.82) is 0 Å². The summed E-state index contributed by atoms with van der Waals surface area (Å²) in [6, 6.07) is 82.7. The number of anilines is 3. The molecule has 0 bridgehead atoms. The van der Waals surface area contributed by atoms with Crippen molar-refractivity contribution in [3.8, 4) is 56.4 Å². The summed E-state index contributed by atoms with van der Waals surface area (Å²) >= 11 is 0. The Morgan fingerprint density at radius 3 is 1.50 bits per heavy atom. The molecule has 1 aromatic heterocycles. The average Bonchev–Trinajstić information content (AvgIpc) is 3.67. The van der Waals surface area contributed by atoms with Gasteiger partial charge in [0, 0.05) is 22.4 Å². The lowest BCUT2D eigenvalue weighted by Crippen LogP contribution is -2.36. The van der Waals surface area contributed by atoms with Gasteiger partial charge in [0.1, 0.15) is 0 Å². The Bertz CT molecular complexity index is 3580. The van der Waals surface area contributed by atoms with Crippen LogP contribution in [0.25, 0.3) is 78.0 Å². The lowest BCUT2D eigenvalue weighted by molar-refractivity contribution is 0.752. The van der Waals surface area contributed by atoms with Crippen LogP contribution in [0.1, 0.15) is 22.3 Å². The summed E-state index contributed by atoms with van der Waals surface area (Å²) in [5.74, 6) is 1.90. The van der Waals surface area contributed by atoms with Crippen LogP contribution < -0.4 is 4.90 Å². The highest BCUT2D eigenvalue weighted by Gasteiger charge is 2.52. The van der Waals surface area contributed by atoms with E-state index in [0.29, 0.717) is 17.5 Å². The number of fused-ring (bicyclic) bond motifs is 11. The number of para-hydroxylation sites is 3. The molecule has 0 amide bonds. The molecule has 1 spiro atoms. The molecule has 0 unspecified atom stereocenters. The summed E-state index contributed by atoms with van der Waals surface area (Å²) in [7, 11) is 0. The lowest BCUT2D eigenvalue weighted by atomic mass is 9.64. The first-order valence-corrected chi connectivity index (χ1v) is 21.9. The largest absolute Gasteiger partial charge is 0.310 e. The van der Waals surface area contributed by atoms with Gasteiger partial charge in [-0.1, -0.05) is 206 Å². The van der Waals surface area contributed by atoms with Crippen LogP contribution in [0.4, 0.5) is 17.1 Å². The Labute approximate surface area is 371 Å². The van der Waals surface area contributed by atoms with Gasteiger partial charge < -0.3 is 4.90 Å². The Kier molecular flexibility index (Phi) is 8.09. The number of benzene rings is 10. The van der Waals surface area contributed by atoms with Crippen LogP contribution in [0, 0.1) is 0 Å². The summed E-state index contributed by atoms with van der Waals surface area (Å²) in [5, 5.41) is 4.68. The maximum atomic E-state index is 5.50. The van der Waals surface area contributed by atoms with Gasteiger partial charge in [-0.15, -0.1) is 0 Å². The maximum absolute atomic E-state index is 5.50. The second kappa shape index (κ2) is 14.3. The first-order valence-electron chi connectivity index (χ1n) is 21.9. The normalized spacial score (nSPS) is 13.1. The smallest absolute Gasteiger partial charge is 0.164 e. The third kappa shape index (κ3) is 5.26. The van der Waals surface area contributed by atoms with Crippen molar-refractivity contribution in [2.75, 3.05) is 4.90 Å². The molecule has 0 atom stereocenters. The van der Waals surface area contributed by atoms with Crippen molar-refractivity contribution in [3.05, 3.63) is 253 Å². The van der Waals surface area contributed by atoms with E-state index in [-0.39, 0.29) is 0 Å². The molecule has 298 valence electrons. The molecule has 0 N–H and O–H groups in total. The van der Waals surface area contributed by atoms with Crippen LogP contribution in [0.2, 0.25) is 0 Å². The second-order valence-electron chi connectivity index (χ2n) is 16.6. The summed E-state index contributed by atoms with van der Waals surface area (Å²) in [6.45, 7) is 0. The molecule has 0 saturated carbocycles. The molecule has 11 aromatic rings. The maximum Gasteiger partial charge on any atom is 0.164 e. The van der Waals surface area contributed by atoms with Gasteiger partial charge in [0.05, 0.1) is 16.8 Å². The van der Waals surface area contributed by atoms with E-state index in [1.165, 1.54) is 49.7 Å². The lowest BCUT2D eigenvalue weighted by Gasteiger charge is -2.45.